The van der Waals surface area contributed by atoms with Crippen LogP contribution in [0.25, 0.3) is 0 Å². The van der Waals surface area contributed by atoms with Gasteiger partial charge in [-0.25, -0.2) is 0 Å². The molecule has 1 aromatic rings. The quantitative estimate of drug-likeness (QED) is 0.841. The molecule has 0 bridgehead atoms. The largest absolute Gasteiger partial charge is 0.394 e. The average Bonchev–Trinajstić information content (AvgIpc) is 2.45. The molecular weight excluding hydrogens is 266 g/mol. The highest BCUT2D eigenvalue weighted by molar-refractivity contribution is 6.31. The van der Waals surface area contributed by atoms with E-state index in [0.717, 1.165) is 37.9 Å². The van der Waals surface area contributed by atoms with Crippen LogP contribution in [0, 0.1) is 0 Å². The average molecular weight is 284 g/mol. The summed E-state index contributed by atoms with van der Waals surface area (Å²) in [5, 5.41) is 9.31. The first-order chi connectivity index (χ1) is 9.24. The van der Waals surface area contributed by atoms with E-state index >= 15 is 0 Å². The van der Waals surface area contributed by atoms with Crippen LogP contribution in [-0.2, 0) is 4.74 Å². The fraction of sp³-hybridized carbons (Fsp3) is 0.500. The minimum absolute atomic E-state index is 0.0622. The van der Waals surface area contributed by atoms with Gasteiger partial charge in [-0.15, -0.1) is 0 Å². The van der Waals surface area contributed by atoms with Crippen LogP contribution in [0.3, 0.4) is 0 Å². The lowest BCUT2D eigenvalue weighted by Crippen LogP contribution is -2.37. The standard InChI is InChI=1S/C14H18ClNO3/c15-12-1-2-14(11(9-12)10-18)16-5-3-13(4-6-16)19-8-7-17/h1-2,9-10,13,17H,3-8H2. The Kier molecular flexibility index (Phi) is 5.19. The molecule has 1 aliphatic rings. The maximum atomic E-state index is 11.1. The fourth-order valence-electron chi connectivity index (χ4n) is 2.39. The number of hydrogen-bond donors (Lipinski definition) is 1. The summed E-state index contributed by atoms with van der Waals surface area (Å²) in [7, 11) is 0. The molecule has 2 rings (SSSR count). The molecule has 0 unspecified atom stereocenters. The Morgan fingerprint density at radius 1 is 1.42 bits per heavy atom. The lowest BCUT2D eigenvalue weighted by Gasteiger charge is -2.34. The lowest BCUT2D eigenvalue weighted by atomic mass is 10.1. The van der Waals surface area contributed by atoms with E-state index in [9.17, 15) is 4.79 Å². The second kappa shape index (κ2) is 6.89. The van der Waals surface area contributed by atoms with Crippen molar-refractivity contribution < 1.29 is 14.6 Å². The number of halogens is 1. The Hall–Kier alpha value is -1.10. The number of carbonyl (C=O) groups excluding carboxylic acids is 1. The second-order valence-electron chi connectivity index (χ2n) is 4.60. The first-order valence-corrected chi connectivity index (χ1v) is 6.84. The van der Waals surface area contributed by atoms with Crippen molar-refractivity contribution in [1.82, 2.24) is 0 Å². The molecule has 0 saturated carbocycles. The molecule has 1 saturated heterocycles. The van der Waals surface area contributed by atoms with Gasteiger partial charge in [-0.2, -0.15) is 0 Å². The predicted octanol–water partition coefficient (Wildman–Crippen LogP) is 2.13. The van der Waals surface area contributed by atoms with Gasteiger partial charge in [0.25, 0.3) is 0 Å². The molecule has 1 heterocycles. The number of carbonyl (C=O) groups is 1. The third-order valence-corrected chi connectivity index (χ3v) is 3.58. The predicted molar refractivity (Wildman–Crippen MR) is 75.1 cm³/mol. The Labute approximate surface area is 117 Å². The van der Waals surface area contributed by atoms with E-state index < -0.39 is 0 Å². The topological polar surface area (TPSA) is 49.8 Å². The SMILES string of the molecule is O=Cc1cc(Cl)ccc1N1CCC(OCCO)CC1. The first-order valence-electron chi connectivity index (χ1n) is 6.46. The summed E-state index contributed by atoms with van der Waals surface area (Å²) in [6.45, 7) is 2.15. The van der Waals surface area contributed by atoms with Crippen LogP contribution < -0.4 is 4.90 Å². The Morgan fingerprint density at radius 3 is 2.79 bits per heavy atom. The molecule has 0 amide bonds. The van der Waals surface area contributed by atoms with E-state index in [0.29, 0.717) is 17.2 Å². The highest BCUT2D eigenvalue weighted by Gasteiger charge is 2.21. The highest BCUT2D eigenvalue weighted by Crippen LogP contribution is 2.26. The molecule has 0 aromatic heterocycles. The van der Waals surface area contributed by atoms with Crippen LogP contribution >= 0.6 is 11.6 Å². The van der Waals surface area contributed by atoms with Gasteiger partial charge in [0.2, 0.25) is 0 Å². The molecule has 1 aliphatic heterocycles. The van der Waals surface area contributed by atoms with Crippen LogP contribution in [0.5, 0.6) is 0 Å². The van der Waals surface area contributed by atoms with E-state index in [-0.39, 0.29) is 12.7 Å². The lowest BCUT2D eigenvalue weighted by molar-refractivity contribution is 0.0159. The number of aliphatic hydroxyl groups excluding tert-OH is 1. The van der Waals surface area contributed by atoms with Crippen molar-refractivity contribution in [3.63, 3.8) is 0 Å². The monoisotopic (exact) mass is 283 g/mol. The van der Waals surface area contributed by atoms with E-state index in [4.69, 9.17) is 21.4 Å². The van der Waals surface area contributed by atoms with Gasteiger partial charge in [0, 0.05) is 29.4 Å². The number of anilines is 1. The third kappa shape index (κ3) is 3.69. The molecule has 104 valence electrons. The number of piperidine rings is 1. The summed E-state index contributed by atoms with van der Waals surface area (Å²) in [5.41, 5.74) is 1.56. The van der Waals surface area contributed by atoms with Gasteiger partial charge in [-0.05, 0) is 31.0 Å². The van der Waals surface area contributed by atoms with Gasteiger partial charge in [-0.3, -0.25) is 4.79 Å². The zero-order valence-corrected chi connectivity index (χ0v) is 11.5. The van der Waals surface area contributed by atoms with Gasteiger partial charge >= 0.3 is 0 Å². The summed E-state index contributed by atoms with van der Waals surface area (Å²) in [6, 6.07) is 5.39. The minimum atomic E-state index is 0.0622. The normalized spacial score (nSPS) is 16.6. The van der Waals surface area contributed by atoms with Crippen LogP contribution in [0.15, 0.2) is 18.2 Å². The number of aldehydes is 1. The fourth-order valence-corrected chi connectivity index (χ4v) is 2.57. The molecule has 0 radical (unpaired) electrons. The maximum absolute atomic E-state index is 11.1. The second-order valence-corrected chi connectivity index (χ2v) is 5.04. The summed E-state index contributed by atoms with van der Waals surface area (Å²) in [4.78, 5) is 13.3. The van der Waals surface area contributed by atoms with E-state index in [1.165, 1.54) is 0 Å². The van der Waals surface area contributed by atoms with E-state index in [2.05, 4.69) is 4.90 Å². The number of aliphatic hydroxyl groups is 1. The molecular formula is C14H18ClNO3. The zero-order valence-electron chi connectivity index (χ0n) is 10.7. The Balaban J connectivity index is 1.99. The van der Waals surface area contributed by atoms with Crippen molar-refractivity contribution in [2.75, 3.05) is 31.2 Å². The number of benzene rings is 1. The van der Waals surface area contributed by atoms with Crippen molar-refractivity contribution in [1.29, 1.82) is 0 Å². The van der Waals surface area contributed by atoms with Gasteiger partial charge in [-0.1, -0.05) is 11.6 Å². The number of ether oxygens (including phenoxy) is 1. The smallest absolute Gasteiger partial charge is 0.152 e. The third-order valence-electron chi connectivity index (χ3n) is 3.34. The maximum Gasteiger partial charge on any atom is 0.152 e. The molecule has 19 heavy (non-hydrogen) atoms. The summed E-state index contributed by atoms with van der Waals surface area (Å²) < 4.78 is 5.52. The van der Waals surface area contributed by atoms with Gasteiger partial charge in [0.15, 0.2) is 6.29 Å². The van der Waals surface area contributed by atoms with Crippen LogP contribution in [-0.4, -0.2) is 43.8 Å². The van der Waals surface area contributed by atoms with E-state index in [1.807, 2.05) is 6.07 Å². The summed E-state index contributed by atoms with van der Waals surface area (Å²) in [6.07, 6.45) is 2.85. The van der Waals surface area contributed by atoms with Crippen molar-refractivity contribution in [2.24, 2.45) is 0 Å². The van der Waals surface area contributed by atoms with Crippen molar-refractivity contribution in [3.8, 4) is 0 Å². The van der Waals surface area contributed by atoms with Gasteiger partial charge in [0.1, 0.15) is 0 Å². The van der Waals surface area contributed by atoms with E-state index in [1.54, 1.807) is 12.1 Å². The first kappa shape index (κ1) is 14.3. The van der Waals surface area contributed by atoms with Crippen molar-refractivity contribution >= 4 is 23.6 Å². The minimum Gasteiger partial charge on any atom is -0.394 e. The number of nitrogens with zero attached hydrogens (tertiary/aromatic N) is 1. The highest BCUT2D eigenvalue weighted by atomic mass is 35.5. The van der Waals surface area contributed by atoms with Crippen molar-refractivity contribution in [3.05, 3.63) is 28.8 Å². The number of rotatable bonds is 5. The molecule has 1 fully saturated rings. The van der Waals surface area contributed by atoms with Crippen LogP contribution in [0.4, 0.5) is 5.69 Å². The molecule has 0 spiro atoms. The molecule has 0 aliphatic carbocycles. The number of hydrogen-bond acceptors (Lipinski definition) is 4. The molecule has 4 nitrogen and oxygen atoms in total. The molecule has 1 N–H and O–H groups in total. The van der Waals surface area contributed by atoms with Crippen molar-refractivity contribution in [2.45, 2.75) is 18.9 Å². The zero-order chi connectivity index (χ0) is 13.7. The Morgan fingerprint density at radius 2 is 2.16 bits per heavy atom. The van der Waals surface area contributed by atoms with Gasteiger partial charge in [0.05, 0.1) is 19.3 Å². The molecule has 0 atom stereocenters. The van der Waals surface area contributed by atoms with Crippen LogP contribution in [0.1, 0.15) is 23.2 Å². The summed E-state index contributed by atoms with van der Waals surface area (Å²) in [5.74, 6) is 0. The molecule has 1 aromatic carbocycles. The summed E-state index contributed by atoms with van der Waals surface area (Å²) >= 11 is 5.89. The molecule has 5 heteroatoms. The Bertz CT molecular complexity index is 431. The van der Waals surface area contributed by atoms with Gasteiger partial charge < -0.3 is 14.7 Å². The van der Waals surface area contributed by atoms with Crippen LogP contribution in [0.2, 0.25) is 5.02 Å².